The third-order valence-corrected chi connectivity index (χ3v) is 3.31. The van der Waals surface area contributed by atoms with Crippen LogP contribution in [0.2, 0.25) is 0 Å². The molecule has 21 heavy (non-hydrogen) atoms. The van der Waals surface area contributed by atoms with Crippen molar-refractivity contribution in [3.63, 3.8) is 0 Å². The molecule has 0 saturated heterocycles. The van der Waals surface area contributed by atoms with E-state index in [1.807, 2.05) is 24.4 Å². The highest BCUT2D eigenvalue weighted by atomic mass is 16.5. The van der Waals surface area contributed by atoms with Crippen LogP contribution in [0.3, 0.4) is 0 Å². The van der Waals surface area contributed by atoms with Crippen molar-refractivity contribution in [2.24, 2.45) is 0 Å². The molecule has 4 heteroatoms. The molecule has 0 aliphatic heterocycles. The molecule has 0 unspecified atom stereocenters. The predicted molar refractivity (Wildman–Crippen MR) is 84.8 cm³/mol. The molecule has 2 aromatic rings. The van der Waals surface area contributed by atoms with E-state index in [1.165, 1.54) is 5.56 Å². The molecule has 1 aromatic heterocycles. The van der Waals surface area contributed by atoms with Gasteiger partial charge in [0.15, 0.2) is 0 Å². The number of benzene rings is 1. The highest BCUT2D eigenvalue weighted by molar-refractivity contribution is 5.68. The number of nitrogens with one attached hydrogen (secondary N) is 1. The van der Waals surface area contributed by atoms with Crippen LogP contribution in [0.5, 0.6) is 11.6 Å². The van der Waals surface area contributed by atoms with Crippen LogP contribution in [-0.4, -0.2) is 25.7 Å². The van der Waals surface area contributed by atoms with Crippen LogP contribution >= 0.6 is 0 Å². The van der Waals surface area contributed by atoms with Crippen LogP contribution in [0, 0.1) is 0 Å². The van der Waals surface area contributed by atoms with E-state index < -0.39 is 0 Å². The van der Waals surface area contributed by atoms with Gasteiger partial charge in [-0.25, -0.2) is 4.98 Å². The quantitative estimate of drug-likeness (QED) is 0.793. The van der Waals surface area contributed by atoms with E-state index in [2.05, 4.69) is 29.4 Å². The molecule has 0 aliphatic rings. The lowest BCUT2D eigenvalue weighted by Crippen LogP contribution is -2.14. The number of rotatable bonds is 7. The van der Waals surface area contributed by atoms with Gasteiger partial charge in [-0.05, 0) is 42.3 Å². The monoisotopic (exact) mass is 286 g/mol. The van der Waals surface area contributed by atoms with Crippen molar-refractivity contribution in [3.8, 4) is 22.8 Å². The maximum Gasteiger partial charge on any atom is 0.212 e. The van der Waals surface area contributed by atoms with E-state index in [4.69, 9.17) is 9.47 Å². The first-order valence-corrected chi connectivity index (χ1v) is 7.16. The third kappa shape index (κ3) is 3.95. The summed E-state index contributed by atoms with van der Waals surface area (Å²) in [5, 5.41) is 3.43. The summed E-state index contributed by atoms with van der Waals surface area (Å²) in [6.07, 6.45) is 2.95. The summed E-state index contributed by atoms with van der Waals surface area (Å²) in [5.74, 6) is 1.49. The summed E-state index contributed by atoms with van der Waals surface area (Å²) in [4.78, 5) is 4.28. The van der Waals surface area contributed by atoms with Crippen molar-refractivity contribution in [3.05, 3.63) is 42.1 Å². The van der Waals surface area contributed by atoms with Crippen molar-refractivity contribution in [2.75, 3.05) is 20.8 Å². The zero-order chi connectivity index (χ0) is 15.1. The molecule has 1 heterocycles. The van der Waals surface area contributed by atoms with E-state index in [0.29, 0.717) is 5.88 Å². The number of aromatic nitrogens is 1. The van der Waals surface area contributed by atoms with Gasteiger partial charge >= 0.3 is 0 Å². The molecule has 0 aliphatic carbocycles. The van der Waals surface area contributed by atoms with Crippen molar-refractivity contribution in [2.45, 2.75) is 19.9 Å². The molecule has 0 bridgehead atoms. The minimum Gasteiger partial charge on any atom is -0.497 e. The summed E-state index contributed by atoms with van der Waals surface area (Å²) in [6.45, 7) is 3.97. The van der Waals surface area contributed by atoms with E-state index >= 15 is 0 Å². The zero-order valence-electron chi connectivity index (χ0n) is 12.8. The van der Waals surface area contributed by atoms with Gasteiger partial charge in [-0.3, -0.25) is 0 Å². The fourth-order valence-electron chi connectivity index (χ4n) is 2.19. The summed E-state index contributed by atoms with van der Waals surface area (Å²) in [5.41, 5.74) is 3.44. The molecule has 1 aromatic carbocycles. The molecular weight excluding hydrogens is 264 g/mol. The molecule has 4 nitrogen and oxygen atoms in total. The Morgan fingerprint density at radius 1 is 1.10 bits per heavy atom. The highest BCUT2D eigenvalue weighted by Gasteiger charge is 2.07. The molecule has 1 N–H and O–H groups in total. The minimum atomic E-state index is 0.623. The van der Waals surface area contributed by atoms with Gasteiger partial charge in [0.1, 0.15) is 5.75 Å². The summed E-state index contributed by atoms with van der Waals surface area (Å²) in [7, 11) is 3.31. The molecule has 2 rings (SSSR count). The average molecular weight is 286 g/mol. The Morgan fingerprint density at radius 3 is 2.57 bits per heavy atom. The Hall–Kier alpha value is -2.07. The zero-order valence-corrected chi connectivity index (χ0v) is 12.8. The molecule has 0 spiro atoms. The minimum absolute atomic E-state index is 0.623. The second-order valence-electron chi connectivity index (χ2n) is 4.79. The molecule has 0 atom stereocenters. The van der Waals surface area contributed by atoms with Crippen LogP contribution in [0.4, 0.5) is 0 Å². The lowest BCUT2D eigenvalue weighted by Gasteiger charge is -2.12. The van der Waals surface area contributed by atoms with Crippen molar-refractivity contribution < 1.29 is 9.47 Å². The number of hydrogen-bond donors (Lipinski definition) is 1. The van der Waals surface area contributed by atoms with Crippen LogP contribution < -0.4 is 14.8 Å². The van der Waals surface area contributed by atoms with Gasteiger partial charge in [-0.1, -0.05) is 13.0 Å². The Kier molecular flexibility index (Phi) is 5.58. The molecule has 0 radical (unpaired) electrons. The van der Waals surface area contributed by atoms with Gasteiger partial charge in [0.05, 0.1) is 14.2 Å². The van der Waals surface area contributed by atoms with E-state index in [1.54, 1.807) is 14.2 Å². The SMILES string of the molecule is CCCNCc1cc(OC)ccc1-c1ccc(OC)nc1. The van der Waals surface area contributed by atoms with Gasteiger partial charge in [0.2, 0.25) is 5.88 Å². The maximum absolute atomic E-state index is 5.33. The van der Waals surface area contributed by atoms with Crippen molar-refractivity contribution in [1.29, 1.82) is 0 Å². The molecular formula is C17H22N2O2. The summed E-state index contributed by atoms with van der Waals surface area (Å²) >= 11 is 0. The first-order chi connectivity index (χ1) is 10.3. The Balaban J connectivity index is 2.31. The lowest BCUT2D eigenvalue weighted by atomic mass is 10.0. The van der Waals surface area contributed by atoms with Crippen molar-refractivity contribution >= 4 is 0 Å². The Morgan fingerprint density at radius 2 is 1.95 bits per heavy atom. The van der Waals surface area contributed by atoms with Gasteiger partial charge in [0, 0.05) is 24.4 Å². The average Bonchev–Trinajstić information content (AvgIpc) is 2.55. The predicted octanol–water partition coefficient (Wildman–Crippen LogP) is 3.27. The van der Waals surface area contributed by atoms with Gasteiger partial charge in [0.25, 0.3) is 0 Å². The van der Waals surface area contributed by atoms with Gasteiger partial charge in [-0.2, -0.15) is 0 Å². The molecule has 112 valence electrons. The second-order valence-corrected chi connectivity index (χ2v) is 4.79. The Labute approximate surface area is 126 Å². The van der Waals surface area contributed by atoms with E-state index in [-0.39, 0.29) is 0 Å². The standard InChI is InChI=1S/C17H22N2O2/c1-4-9-18-11-14-10-15(20-2)6-7-16(14)13-5-8-17(21-3)19-12-13/h5-8,10,12,18H,4,9,11H2,1-3H3. The first kappa shape index (κ1) is 15.3. The number of hydrogen-bond acceptors (Lipinski definition) is 4. The topological polar surface area (TPSA) is 43.4 Å². The van der Waals surface area contributed by atoms with Crippen LogP contribution in [-0.2, 0) is 6.54 Å². The maximum atomic E-state index is 5.33. The normalized spacial score (nSPS) is 10.4. The molecule has 0 fully saturated rings. The number of methoxy groups -OCH3 is 2. The summed E-state index contributed by atoms with van der Waals surface area (Å²) in [6, 6.07) is 10.0. The highest BCUT2D eigenvalue weighted by Crippen LogP contribution is 2.27. The number of pyridine rings is 1. The smallest absolute Gasteiger partial charge is 0.212 e. The number of nitrogens with zero attached hydrogens (tertiary/aromatic N) is 1. The first-order valence-electron chi connectivity index (χ1n) is 7.16. The molecule has 0 amide bonds. The van der Waals surface area contributed by atoms with E-state index in [9.17, 15) is 0 Å². The largest absolute Gasteiger partial charge is 0.497 e. The van der Waals surface area contributed by atoms with Crippen LogP contribution in [0.25, 0.3) is 11.1 Å². The second kappa shape index (κ2) is 7.64. The third-order valence-electron chi connectivity index (χ3n) is 3.31. The fourth-order valence-corrected chi connectivity index (χ4v) is 2.19. The van der Waals surface area contributed by atoms with Crippen LogP contribution in [0.1, 0.15) is 18.9 Å². The lowest BCUT2D eigenvalue weighted by molar-refractivity contribution is 0.398. The fraction of sp³-hybridized carbons (Fsp3) is 0.353. The van der Waals surface area contributed by atoms with Crippen molar-refractivity contribution in [1.82, 2.24) is 10.3 Å². The van der Waals surface area contributed by atoms with Crippen LogP contribution in [0.15, 0.2) is 36.5 Å². The van der Waals surface area contributed by atoms with E-state index in [0.717, 1.165) is 36.4 Å². The summed E-state index contributed by atoms with van der Waals surface area (Å²) < 4.78 is 10.4. The Bertz CT molecular complexity index is 568. The molecule has 0 saturated carbocycles. The number of ether oxygens (including phenoxy) is 2. The van der Waals surface area contributed by atoms with Gasteiger partial charge < -0.3 is 14.8 Å². The van der Waals surface area contributed by atoms with Gasteiger partial charge in [-0.15, -0.1) is 0 Å².